The zero-order chi connectivity index (χ0) is 15.7. The van der Waals surface area contributed by atoms with E-state index in [1.54, 1.807) is 24.3 Å². The molecule has 0 heterocycles. The van der Waals surface area contributed by atoms with Crippen LogP contribution in [0.3, 0.4) is 0 Å². The van der Waals surface area contributed by atoms with Crippen molar-refractivity contribution in [2.45, 2.75) is 63.7 Å². The Morgan fingerprint density at radius 3 is 2.24 bits per heavy atom. The van der Waals surface area contributed by atoms with Gasteiger partial charge in [0.2, 0.25) is 0 Å². The Balaban J connectivity index is 2.38. The predicted octanol–water partition coefficient (Wildman–Crippen LogP) is 4.96. The fraction of sp³-hybridized carbons (Fsp3) is 0.529. The van der Waals surface area contributed by atoms with E-state index in [0.717, 1.165) is 18.4 Å². The number of rotatable bonds is 10. The third-order valence-electron chi connectivity index (χ3n) is 3.35. The molecule has 4 heteroatoms. The summed E-state index contributed by atoms with van der Waals surface area (Å²) in [6.07, 6.45) is 7.53. The summed E-state index contributed by atoms with van der Waals surface area (Å²) >= 11 is 0. The Hall–Kier alpha value is -1.29. The first-order chi connectivity index (χ1) is 9.95. The van der Waals surface area contributed by atoms with E-state index in [4.69, 9.17) is 4.18 Å². The molecule has 1 aromatic carbocycles. The summed E-state index contributed by atoms with van der Waals surface area (Å²) in [6, 6.07) is 6.63. The molecular formula is C17H26O3S. The van der Waals surface area contributed by atoms with Gasteiger partial charge in [-0.05, 0) is 25.5 Å². The summed E-state index contributed by atoms with van der Waals surface area (Å²) in [5, 5.41) is 0. The Labute approximate surface area is 129 Å². The molecule has 0 fully saturated rings. The molecular weight excluding hydrogens is 284 g/mol. The molecule has 0 radical (unpaired) electrons. The van der Waals surface area contributed by atoms with Crippen molar-refractivity contribution in [2.24, 2.45) is 0 Å². The predicted molar refractivity (Wildman–Crippen MR) is 86.6 cm³/mol. The average Bonchev–Trinajstić information content (AvgIpc) is 2.42. The van der Waals surface area contributed by atoms with Gasteiger partial charge in [0.25, 0.3) is 0 Å². The third kappa shape index (κ3) is 6.80. The van der Waals surface area contributed by atoms with Crippen LogP contribution in [0, 0.1) is 6.92 Å². The minimum absolute atomic E-state index is 0.178. The van der Waals surface area contributed by atoms with Crippen LogP contribution >= 0.6 is 0 Å². The molecule has 0 aliphatic rings. The van der Waals surface area contributed by atoms with E-state index in [1.165, 1.54) is 25.7 Å². The first-order valence-electron chi connectivity index (χ1n) is 7.64. The van der Waals surface area contributed by atoms with Crippen LogP contribution in [0.15, 0.2) is 41.5 Å². The maximum Gasteiger partial charge on any atom is 0.338 e. The van der Waals surface area contributed by atoms with Crippen molar-refractivity contribution in [1.82, 2.24) is 0 Å². The molecule has 0 atom stereocenters. The van der Waals surface area contributed by atoms with Gasteiger partial charge >= 0.3 is 10.1 Å². The van der Waals surface area contributed by atoms with Gasteiger partial charge in [0.15, 0.2) is 0 Å². The first-order valence-corrected chi connectivity index (χ1v) is 9.05. The highest BCUT2D eigenvalue weighted by Crippen LogP contribution is 2.19. The van der Waals surface area contributed by atoms with Gasteiger partial charge in [-0.25, -0.2) is 0 Å². The molecule has 1 rings (SSSR count). The molecule has 1 aromatic rings. The van der Waals surface area contributed by atoms with E-state index in [0.29, 0.717) is 12.2 Å². The van der Waals surface area contributed by atoms with Crippen LogP contribution in [-0.4, -0.2) is 8.42 Å². The molecule has 0 spiro atoms. The van der Waals surface area contributed by atoms with Gasteiger partial charge in [-0.15, -0.1) is 0 Å². The van der Waals surface area contributed by atoms with E-state index in [2.05, 4.69) is 13.5 Å². The lowest BCUT2D eigenvalue weighted by Gasteiger charge is -2.09. The van der Waals surface area contributed by atoms with Crippen molar-refractivity contribution in [1.29, 1.82) is 0 Å². The van der Waals surface area contributed by atoms with Crippen molar-refractivity contribution in [3.63, 3.8) is 0 Å². The van der Waals surface area contributed by atoms with Gasteiger partial charge in [-0.2, -0.15) is 8.42 Å². The monoisotopic (exact) mass is 310 g/mol. The molecule has 118 valence electrons. The maximum absolute atomic E-state index is 12.0. The number of hydrogen-bond donors (Lipinski definition) is 0. The molecule has 21 heavy (non-hydrogen) atoms. The van der Waals surface area contributed by atoms with Crippen molar-refractivity contribution in [3.8, 4) is 0 Å². The molecule has 0 amide bonds. The second-order valence-electron chi connectivity index (χ2n) is 5.41. The molecule has 0 N–H and O–H groups in total. The Morgan fingerprint density at radius 1 is 1.05 bits per heavy atom. The summed E-state index contributed by atoms with van der Waals surface area (Å²) in [6.45, 7) is 7.81. The van der Waals surface area contributed by atoms with Gasteiger partial charge in [0.1, 0.15) is 10.7 Å². The lowest BCUT2D eigenvalue weighted by atomic mass is 10.1. The van der Waals surface area contributed by atoms with Gasteiger partial charge in [0, 0.05) is 6.42 Å². The Bertz CT molecular complexity index is 530. The van der Waals surface area contributed by atoms with Gasteiger partial charge in [-0.1, -0.05) is 63.3 Å². The highest BCUT2D eigenvalue weighted by atomic mass is 32.2. The SMILES string of the molecule is C=C(CCCCCCCC)OS(=O)(=O)c1ccc(C)cc1. The summed E-state index contributed by atoms with van der Waals surface area (Å²) < 4.78 is 29.2. The topological polar surface area (TPSA) is 43.4 Å². The van der Waals surface area contributed by atoms with Crippen LogP contribution in [0.4, 0.5) is 0 Å². The van der Waals surface area contributed by atoms with Crippen LogP contribution < -0.4 is 0 Å². The minimum Gasteiger partial charge on any atom is -0.384 e. The van der Waals surface area contributed by atoms with Crippen molar-refractivity contribution in [3.05, 3.63) is 42.2 Å². The largest absolute Gasteiger partial charge is 0.384 e. The lowest BCUT2D eigenvalue weighted by Crippen LogP contribution is -2.06. The quantitative estimate of drug-likeness (QED) is 0.348. The molecule has 0 unspecified atom stereocenters. The second-order valence-corrected chi connectivity index (χ2v) is 6.95. The van der Waals surface area contributed by atoms with E-state index in [9.17, 15) is 8.42 Å². The zero-order valence-corrected chi connectivity index (χ0v) is 13.9. The zero-order valence-electron chi connectivity index (χ0n) is 13.1. The highest BCUT2D eigenvalue weighted by Gasteiger charge is 2.16. The Morgan fingerprint density at radius 2 is 1.62 bits per heavy atom. The fourth-order valence-corrected chi connectivity index (χ4v) is 3.01. The minimum atomic E-state index is -3.73. The standard InChI is InChI=1S/C17H26O3S/c1-4-5-6-7-8-9-10-16(3)20-21(18,19)17-13-11-15(2)12-14-17/h11-14H,3-10H2,1-2H3. The number of benzene rings is 1. The average molecular weight is 310 g/mol. The Kier molecular flexibility index (Phi) is 7.51. The van der Waals surface area contributed by atoms with Crippen LogP contribution in [0.25, 0.3) is 0 Å². The molecule has 0 aliphatic heterocycles. The maximum atomic E-state index is 12.0. The normalized spacial score (nSPS) is 11.3. The molecule has 3 nitrogen and oxygen atoms in total. The molecule has 0 aromatic heterocycles. The number of allylic oxidation sites excluding steroid dienone is 1. The summed E-state index contributed by atoms with van der Waals surface area (Å²) in [4.78, 5) is 0.178. The number of aryl methyl sites for hydroxylation is 1. The van der Waals surface area contributed by atoms with Crippen LogP contribution in [0.2, 0.25) is 0 Å². The third-order valence-corrected chi connectivity index (χ3v) is 4.65. The lowest BCUT2D eigenvalue weighted by molar-refractivity contribution is 0.386. The van der Waals surface area contributed by atoms with E-state index >= 15 is 0 Å². The van der Waals surface area contributed by atoms with E-state index < -0.39 is 10.1 Å². The smallest absolute Gasteiger partial charge is 0.338 e. The summed E-state index contributed by atoms with van der Waals surface area (Å²) in [5.74, 6) is 0.325. The molecule has 0 bridgehead atoms. The molecule has 0 saturated carbocycles. The molecule has 0 aliphatic carbocycles. The van der Waals surface area contributed by atoms with Gasteiger partial charge < -0.3 is 4.18 Å². The highest BCUT2D eigenvalue weighted by molar-refractivity contribution is 7.86. The van der Waals surface area contributed by atoms with Crippen molar-refractivity contribution in [2.75, 3.05) is 0 Å². The van der Waals surface area contributed by atoms with Crippen LogP contribution in [-0.2, 0) is 14.3 Å². The van der Waals surface area contributed by atoms with Crippen LogP contribution in [0.1, 0.15) is 57.4 Å². The fourth-order valence-electron chi connectivity index (χ4n) is 2.05. The van der Waals surface area contributed by atoms with Crippen LogP contribution in [0.5, 0.6) is 0 Å². The summed E-state index contributed by atoms with van der Waals surface area (Å²) in [5.41, 5.74) is 1.01. The number of hydrogen-bond acceptors (Lipinski definition) is 3. The van der Waals surface area contributed by atoms with E-state index in [1.807, 2.05) is 6.92 Å². The summed E-state index contributed by atoms with van der Waals surface area (Å²) in [7, 11) is -3.73. The molecule has 0 saturated heterocycles. The van der Waals surface area contributed by atoms with Gasteiger partial charge in [0.05, 0.1) is 0 Å². The number of unbranched alkanes of at least 4 members (excludes halogenated alkanes) is 5. The van der Waals surface area contributed by atoms with Crippen molar-refractivity contribution >= 4 is 10.1 Å². The first kappa shape index (κ1) is 17.8. The van der Waals surface area contributed by atoms with Crippen molar-refractivity contribution < 1.29 is 12.6 Å². The second kappa shape index (κ2) is 8.88. The van der Waals surface area contributed by atoms with E-state index in [-0.39, 0.29) is 4.90 Å². The van der Waals surface area contributed by atoms with Gasteiger partial charge in [-0.3, -0.25) is 0 Å².